The number of carbonyl (C=O) groups excluding carboxylic acids is 2. The van der Waals surface area contributed by atoms with Crippen LogP contribution in [0.4, 0.5) is 0 Å². The monoisotopic (exact) mass is 636 g/mol. The molecule has 238 valence electrons. The van der Waals surface area contributed by atoms with E-state index in [4.69, 9.17) is 35.3 Å². The van der Waals surface area contributed by atoms with E-state index in [1.807, 2.05) is 12.1 Å². The van der Waals surface area contributed by atoms with Crippen LogP contribution in [0.15, 0.2) is 66.2 Å². The van der Waals surface area contributed by atoms with Crippen molar-refractivity contribution in [1.29, 1.82) is 0 Å². The average molecular weight is 637 g/mol. The maximum absolute atomic E-state index is 13.6. The zero-order valence-electron chi connectivity index (χ0n) is 25.6. The maximum atomic E-state index is 13.6. The highest BCUT2D eigenvalue weighted by molar-refractivity contribution is 6.46. The number of ether oxygens (including phenoxy) is 5. The van der Waals surface area contributed by atoms with Crippen molar-refractivity contribution in [2.24, 2.45) is 0 Å². The molecule has 45 heavy (non-hydrogen) atoms. The molecule has 2 aliphatic rings. The lowest BCUT2D eigenvalue weighted by atomic mass is 9.94. The SMILES string of the molecule is COc1cc([C@H]2C(=C(O)c3ccc(OCc4ccc(Cl)cc4)cc3)C(=O)C(=O)N2CCCN2CCOCC2)cc(OC)c1OC. The number of likely N-dealkylation sites (tertiary alicyclic amines) is 1. The zero-order chi connectivity index (χ0) is 31.9. The lowest BCUT2D eigenvalue weighted by Gasteiger charge is -2.29. The van der Waals surface area contributed by atoms with Crippen molar-refractivity contribution in [2.75, 3.05) is 60.7 Å². The number of Topliss-reactive ketones (excluding diaryl/α,β-unsaturated/α-hetero) is 1. The summed E-state index contributed by atoms with van der Waals surface area (Å²) in [5.41, 5.74) is 1.85. The first kappa shape index (κ1) is 32.2. The molecule has 5 rings (SSSR count). The molecule has 3 aromatic carbocycles. The first-order valence-electron chi connectivity index (χ1n) is 14.7. The summed E-state index contributed by atoms with van der Waals surface area (Å²) < 4.78 is 28.0. The molecule has 0 spiro atoms. The van der Waals surface area contributed by atoms with Crippen LogP contribution < -0.4 is 18.9 Å². The number of aliphatic hydroxyl groups is 1. The van der Waals surface area contributed by atoms with Crippen molar-refractivity contribution < 1.29 is 38.4 Å². The third-order valence-electron chi connectivity index (χ3n) is 7.97. The third-order valence-corrected chi connectivity index (χ3v) is 8.22. The topological polar surface area (TPSA) is 107 Å². The van der Waals surface area contributed by atoms with Crippen LogP contribution >= 0.6 is 11.6 Å². The van der Waals surface area contributed by atoms with E-state index in [0.29, 0.717) is 71.9 Å². The fourth-order valence-electron chi connectivity index (χ4n) is 5.62. The van der Waals surface area contributed by atoms with Crippen LogP contribution in [0.25, 0.3) is 5.76 Å². The lowest BCUT2D eigenvalue weighted by molar-refractivity contribution is -0.140. The maximum Gasteiger partial charge on any atom is 0.295 e. The van der Waals surface area contributed by atoms with Crippen LogP contribution in [-0.4, -0.2) is 87.3 Å². The van der Waals surface area contributed by atoms with Crippen molar-refractivity contribution in [3.63, 3.8) is 0 Å². The fourth-order valence-corrected chi connectivity index (χ4v) is 5.74. The zero-order valence-corrected chi connectivity index (χ0v) is 26.3. The molecule has 11 heteroatoms. The molecular formula is C34H37ClN2O8. The van der Waals surface area contributed by atoms with Gasteiger partial charge in [-0.1, -0.05) is 23.7 Å². The van der Waals surface area contributed by atoms with Crippen LogP contribution in [0.2, 0.25) is 5.02 Å². The Bertz CT molecular complexity index is 1510. The second-order valence-electron chi connectivity index (χ2n) is 10.7. The number of nitrogens with zero attached hydrogens (tertiary/aromatic N) is 2. The number of morpholine rings is 1. The predicted molar refractivity (Wildman–Crippen MR) is 169 cm³/mol. The highest BCUT2D eigenvalue weighted by atomic mass is 35.5. The number of carbonyl (C=O) groups is 2. The Balaban J connectivity index is 1.47. The Kier molecular flexibility index (Phi) is 10.5. The Morgan fingerprint density at radius 3 is 2.16 bits per heavy atom. The van der Waals surface area contributed by atoms with E-state index in [2.05, 4.69) is 4.90 Å². The minimum absolute atomic E-state index is 0.0181. The normalized spacial score (nSPS) is 18.2. The van der Waals surface area contributed by atoms with Gasteiger partial charge in [-0.3, -0.25) is 14.5 Å². The molecule has 1 N–H and O–H groups in total. The van der Waals surface area contributed by atoms with Gasteiger partial charge in [0.25, 0.3) is 11.7 Å². The molecule has 0 aliphatic carbocycles. The van der Waals surface area contributed by atoms with Crippen molar-refractivity contribution >= 4 is 29.1 Å². The summed E-state index contributed by atoms with van der Waals surface area (Å²) in [6, 6.07) is 16.6. The summed E-state index contributed by atoms with van der Waals surface area (Å²) in [5, 5.41) is 12.2. The highest BCUT2D eigenvalue weighted by Crippen LogP contribution is 2.45. The van der Waals surface area contributed by atoms with Gasteiger partial charge in [-0.05, 0) is 66.1 Å². The summed E-state index contributed by atoms with van der Waals surface area (Å²) in [4.78, 5) is 30.9. The lowest BCUT2D eigenvalue weighted by Crippen LogP contribution is -2.39. The van der Waals surface area contributed by atoms with Crippen molar-refractivity contribution in [3.8, 4) is 23.0 Å². The molecule has 2 saturated heterocycles. The van der Waals surface area contributed by atoms with Gasteiger partial charge in [0.1, 0.15) is 18.1 Å². The van der Waals surface area contributed by atoms with Gasteiger partial charge in [0.05, 0.1) is 46.2 Å². The van der Waals surface area contributed by atoms with Crippen LogP contribution in [-0.2, 0) is 20.9 Å². The van der Waals surface area contributed by atoms with Gasteiger partial charge in [-0.15, -0.1) is 0 Å². The highest BCUT2D eigenvalue weighted by Gasteiger charge is 2.46. The Hall–Kier alpha value is -4.25. The Labute approximate surface area is 267 Å². The average Bonchev–Trinajstić information content (AvgIpc) is 3.32. The largest absolute Gasteiger partial charge is 0.507 e. The van der Waals surface area contributed by atoms with Gasteiger partial charge in [0.2, 0.25) is 5.75 Å². The van der Waals surface area contributed by atoms with E-state index in [1.54, 1.807) is 48.5 Å². The van der Waals surface area contributed by atoms with Crippen molar-refractivity contribution in [1.82, 2.24) is 9.80 Å². The van der Waals surface area contributed by atoms with Gasteiger partial charge < -0.3 is 33.7 Å². The molecule has 2 aliphatic heterocycles. The van der Waals surface area contributed by atoms with E-state index in [0.717, 1.165) is 25.2 Å². The molecule has 1 atom stereocenters. The number of benzene rings is 3. The van der Waals surface area contributed by atoms with Crippen LogP contribution in [0.1, 0.15) is 29.2 Å². The number of aliphatic hydroxyl groups excluding tert-OH is 1. The number of hydrogen-bond acceptors (Lipinski definition) is 9. The third kappa shape index (κ3) is 7.19. The Morgan fingerprint density at radius 1 is 0.911 bits per heavy atom. The second kappa shape index (κ2) is 14.7. The minimum Gasteiger partial charge on any atom is -0.507 e. The molecule has 3 aromatic rings. The van der Waals surface area contributed by atoms with Gasteiger partial charge in [0.15, 0.2) is 11.5 Å². The van der Waals surface area contributed by atoms with Crippen LogP contribution in [0, 0.1) is 0 Å². The van der Waals surface area contributed by atoms with Gasteiger partial charge in [-0.25, -0.2) is 0 Å². The van der Waals surface area contributed by atoms with E-state index in [1.165, 1.54) is 26.2 Å². The first-order chi connectivity index (χ1) is 21.8. The van der Waals surface area contributed by atoms with E-state index >= 15 is 0 Å². The number of rotatable bonds is 12. The molecule has 10 nitrogen and oxygen atoms in total. The summed E-state index contributed by atoms with van der Waals surface area (Å²) in [6.45, 7) is 4.34. The van der Waals surface area contributed by atoms with Crippen LogP contribution in [0.3, 0.4) is 0 Å². The fraction of sp³-hybridized carbons (Fsp3) is 0.353. The molecule has 2 heterocycles. The molecular weight excluding hydrogens is 600 g/mol. The second-order valence-corrected chi connectivity index (χ2v) is 11.1. The molecule has 0 saturated carbocycles. The number of methoxy groups -OCH3 is 3. The number of ketones is 1. The summed E-state index contributed by atoms with van der Waals surface area (Å²) >= 11 is 5.97. The van der Waals surface area contributed by atoms with Crippen LogP contribution in [0.5, 0.6) is 23.0 Å². The molecule has 0 unspecified atom stereocenters. The summed E-state index contributed by atoms with van der Waals surface area (Å²) in [7, 11) is 4.49. The van der Waals surface area contributed by atoms with Gasteiger partial charge in [0, 0.05) is 36.8 Å². The standard InChI is InChI=1S/C34H37ClN2O8/c1-41-27-19-24(20-28(42-2)33(27)43-3)30-29(32(39)34(40)37(30)14-4-13-36-15-17-44-18-16-36)31(38)23-7-11-26(12-8-23)45-21-22-5-9-25(35)10-6-22/h5-12,19-20,30,38H,4,13-18,21H2,1-3H3/t30-/m0/s1. The first-order valence-corrected chi connectivity index (χ1v) is 15.1. The van der Waals surface area contributed by atoms with Gasteiger partial charge >= 0.3 is 0 Å². The molecule has 0 radical (unpaired) electrons. The van der Waals surface area contributed by atoms with Gasteiger partial charge in [-0.2, -0.15) is 0 Å². The smallest absolute Gasteiger partial charge is 0.295 e. The van der Waals surface area contributed by atoms with E-state index in [-0.39, 0.29) is 11.3 Å². The molecule has 0 bridgehead atoms. The number of amides is 1. The van der Waals surface area contributed by atoms with E-state index < -0.39 is 17.7 Å². The summed E-state index contributed by atoms with van der Waals surface area (Å²) in [5.74, 6) is -0.0396. The van der Waals surface area contributed by atoms with Crippen molar-refractivity contribution in [2.45, 2.75) is 19.1 Å². The van der Waals surface area contributed by atoms with Crippen molar-refractivity contribution in [3.05, 3.63) is 87.9 Å². The molecule has 1 amide bonds. The molecule has 0 aromatic heterocycles. The van der Waals surface area contributed by atoms with E-state index in [9.17, 15) is 14.7 Å². The predicted octanol–water partition coefficient (Wildman–Crippen LogP) is 5.09. The minimum atomic E-state index is -0.885. The molecule has 2 fully saturated rings. The quantitative estimate of drug-likeness (QED) is 0.165. The Morgan fingerprint density at radius 2 is 1.56 bits per heavy atom. The number of hydrogen-bond donors (Lipinski definition) is 1. The summed E-state index contributed by atoms with van der Waals surface area (Å²) in [6.07, 6.45) is 0.633. The number of halogens is 1.